The van der Waals surface area contributed by atoms with Crippen LogP contribution in [0, 0.1) is 11.2 Å². The first kappa shape index (κ1) is 14.2. The monoisotopic (exact) mass is 317 g/mol. The van der Waals surface area contributed by atoms with Crippen molar-refractivity contribution < 1.29 is 13.7 Å². The third kappa shape index (κ3) is 2.27. The Kier molecular flexibility index (Phi) is 3.11. The lowest BCUT2D eigenvalue weighted by Gasteiger charge is -2.43. The molecule has 1 spiro atoms. The SMILES string of the molecule is O=C(c1noc(=O)[nH]1)N1C[C@H](c2ccc(F)cc2)C2(CCC2)C1. The van der Waals surface area contributed by atoms with Crippen molar-refractivity contribution in [3.8, 4) is 0 Å². The largest absolute Gasteiger partial charge is 0.439 e. The number of aromatic nitrogens is 2. The highest BCUT2D eigenvalue weighted by molar-refractivity contribution is 5.90. The van der Waals surface area contributed by atoms with E-state index in [-0.39, 0.29) is 28.9 Å². The van der Waals surface area contributed by atoms with Crippen LogP contribution in [-0.4, -0.2) is 34.0 Å². The topological polar surface area (TPSA) is 79.2 Å². The number of amides is 1. The highest BCUT2D eigenvalue weighted by atomic mass is 19.1. The molecule has 1 atom stereocenters. The number of nitrogens with one attached hydrogen (secondary N) is 1. The molecule has 6 nitrogen and oxygen atoms in total. The highest BCUT2D eigenvalue weighted by Gasteiger charge is 2.52. The molecule has 23 heavy (non-hydrogen) atoms. The number of nitrogens with zero attached hydrogens (tertiary/aromatic N) is 2. The Morgan fingerprint density at radius 2 is 2.09 bits per heavy atom. The highest BCUT2D eigenvalue weighted by Crippen LogP contribution is 2.55. The van der Waals surface area contributed by atoms with Gasteiger partial charge in [-0.2, -0.15) is 0 Å². The first-order chi connectivity index (χ1) is 11.1. The molecule has 1 aromatic heterocycles. The summed E-state index contributed by atoms with van der Waals surface area (Å²) in [6.45, 7) is 1.17. The van der Waals surface area contributed by atoms with Crippen molar-refractivity contribution in [2.45, 2.75) is 25.2 Å². The number of H-pyrrole nitrogens is 1. The summed E-state index contributed by atoms with van der Waals surface area (Å²) in [6.07, 6.45) is 3.24. The minimum atomic E-state index is -0.735. The molecular formula is C16H16FN3O3. The summed E-state index contributed by atoms with van der Waals surface area (Å²) in [4.78, 5) is 27.5. The third-order valence-corrected chi connectivity index (χ3v) is 5.20. The molecule has 1 saturated heterocycles. The Labute approximate surface area is 131 Å². The molecule has 1 aromatic carbocycles. The fourth-order valence-electron chi connectivity index (χ4n) is 3.89. The first-order valence-electron chi connectivity index (χ1n) is 7.68. The van der Waals surface area contributed by atoms with Crippen LogP contribution in [-0.2, 0) is 0 Å². The van der Waals surface area contributed by atoms with Crippen molar-refractivity contribution in [3.05, 3.63) is 52.0 Å². The van der Waals surface area contributed by atoms with Crippen LogP contribution in [0.5, 0.6) is 0 Å². The second kappa shape index (κ2) is 5.04. The van der Waals surface area contributed by atoms with E-state index >= 15 is 0 Å². The maximum atomic E-state index is 13.2. The summed E-state index contributed by atoms with van der Waals surface area (Å²) in [6, 6.07) is 6.51. The molecule has 7 heteroatoms. The summed E-state index contributed by atoms with van der Waals surface area (Å²) in [5.74, 6) is -1.21. The van der Waals surface area contributed by atoms with Gasteiger partial charge in [0.2, 0.25) is 5.82 Å². The number of benzene rings is 1. The van der Waals surface area contributed by atoms with Gasteiger partial charge in [-0.05, 0) is 41.1 Å². The van der Waals surface area contributed by atoms with Gasteiger partial charge in [0.15, 0.2) is 0 Å². The molecule has 1 amide bonds. The zero-order valence-electron chi connectivity index (χ0n) is 12.4. The predicted molar refractivity (Wildman–Crippen MR) is 78.5 cm³/mol. The van der Waals surface area contributed by atoms with Crippen molar-refractivity contribution in [1.29, 1.82) is 0 Å². The van der Waals surface area contributed by atoms with Crippen molar-refractivity contribution in [1.82, 2.24) is 15.0 Å². The molecule has 1 aliphatic heterocycles. The Hall–Kier alpha value is -2.44. The van der Waals surface area contributed by atoms with Crippen LogP contribution < -0.4 is 5.76 Å². The number of rotatable bonds is 2. The maximum absolute atomic E-state index is 13.2. The Morgan fingerprint density at radius 1 is 1.35 bits per heavy atom. The molecule has 1 aliphatic carbocycles. The molecule has 0 radical (unpaired) electrons. The summed E-state index contributed by atoms with van der Waals surface area (Å²) in [7, 11) is 0. The molecule has 0 bridgehead atoms. The second-order valence-corrected chi connectivity index (χ2v) is 6.45. The van der Waals surface area contributed by atoms with E-state index in [2.05, 4.69) is 14.7 Å². The fraction of sp³-hybridized carbons (Fsp3) is 0.438. The third-order valence-electron chi connectivity index (χ3n) is 5.20. The van der Waals surface area contributed by atoms with Gasteiger partial charge in [0.25, 0.3) is 5.91 Å². The summed E-state index contributed by atoms with van der Waals surface area (Å²) in [5, 5.41) is 3.48. The van der Waals surface area contributed by atoms with E-state index in [4.69, 9.17) is 0 Å². The number of likely N-dealkylation sites (tertiary alicyclic amines) is 1. The lowest BCUT2D eigenvalue weighted by atomic mass is 9.61. The lowest BCUT2D eigenvalue weighted by molar-refractivity contribution is 0.0711. The van der Waals surface area contributed by atoms with Crippen LogP contribution in [0.4, 0.5) is 4.39 Å². The summed E-state index contributed by atoms with van der Waals surface area (Å²) < 4.78 is 17.6. The molecule has 120 valence electrons. The van der Waals surface area contributed by atoms with Crippen molar-refractivity contribution in [3.63, 3.8) is 0 Å². The van der Waals surface area contributed by atoms with E-state index < -0.39 is 5.76 Å². The second-order valence-electron chi connectivity index (χ2n) is 6.45. The van der Waals surface area contributed by atoms with Gasteiger partial charge in [-0.1, -0.05) is 18.6 Å². The molecule has 0 unspecified atom stereocenters. The van der Waals surface area contributed by atoms with Gasteiger partial charge in [0, 0.05) is 19.0 Å². The average molecular weight is 317 g/mol. The van der Waals surface area contributed by atoms with Crippen molar-refractivity contribution >= 4 is 5.91 Å². The predicted octanol–water partition coefficient (Wildman–Crippen LogP) is 1.91. The van der Waals surface area contributed by atoms with E-state index in [0.717, 1.165) is 24.8 Å². The lowest BCUT2D eigenvalue weighted by Crippen LogP contribution is -2.38. The van der Waals surface area contributed by atoms with Crippen LogP contribution >= 0.6 is 0 Å². The van der Waals surface area contributed by atoms with Crippen LogP contribution in [0.2, 0.25) is 0 Å². The minimum Gasteiger partial charge on any atom is -0.335 e. The number of carbonyl (C=O) groups excluding carboxylic acids is 1. The van der Waals surface area contributed by atoms with Crippen LogP contribution in [0.25, 0.3) is 0 Å². The van der Waals surface area contributed by atoms with E-state index in [0.29, 0.717) is 13.1 Å². The zero-order valence-corrected chi connectivity index (χ0v) is 12.4. The first-order valence-corrected chi connectivity index (χ1v) is 7.68. The fourth-order valence-corrected chi connectivity index (χ4v) is 3.89. The average Bonchev–Trinajstić information content (AvgIpc) is 3.11. The Bertz CT molecular complexity index is 791. The van der Waals surface area contributed by atoms with Crippen LogP contribution in [0.15, 0.2) is 33.6 Å². The standard InChI is InChI=1S/C16H16FN3O3/c17-11-4-2-10(3-5-11)12-8-20(9-16(12)6-1-7-16)14(21)13-18-15(22)23-19-13/h2-5,12H,1,6-9H2,(H,18,19,22)/t12-/m1/s1. The van der Waals surface area contributed by atoms with Gasteiger partial charge in [-0.25, -0.2) is 9.18 Å². The molecule has 1 saturated carbocycles. The zero-order chi connectivity index (χ0) is 16.0. The van der Waals surface area contributed by atoms with E-state index in [1.54, 1.807) is 17.0 Å². The van der Waals surface area contributed by atoms with Gasteiger partial charge in [-0.3, -0.25) is 14.3 Å². The molecule has 1 N–H and O–H groups in total. The number of carbonyl (C=O) groups is 1. The quantitative estimate of drug-likeness (QED) is 0.917. The Balaban J connectivity index is 1.62. The van der Waals surface area contributed by atoms with E-state index in [9.17, 15) is 14.0 Å². The number of hydrogen-bond donors (Lipinski definition) is 1. The van der Waals surface area contributed by atoms with Crippen LogP contribution in [0.1, 0.15) is 41.4 Å². The minimum absolute atomic E-state index is 0.0531. The molecular weight excluding hydrogens is 301 g/mol. The number of hydrogen-bond acceptors (Lipinski definition) is 4. The molecule has 2 heterocycles. The normalized spacial score (nSPS) is 22.3. The summed E-state index contributed by atoms with van der Waals surface area (Å²) >= 11 is 0. The number of halogens is 1. The number of aromatic amines is 1. The van der Waals surface area contributed by atoms with Crippen LogP contribution in [0.3, 0.4) is 0 Å². The van der Waals surface area contributed by atoms with Gasteiger partial charge < -0.3 is 4.90 Å². The molecule has 2 fully saturated rings. The Morgan fingerprint density at radius 3 is 2.65 bits per heavy atom. The van der Waals surface area contributed by atoms with Gasteiger partial charge >= 0.3 is 5.76 Å². The maximum Gasteiger partial charge on any atom is 0.439 e. The van der Waals surface area contributed by atoms with Gasteiger partial charge in [0.1, 0.15) is 5.82 Å². The molecule has 2 aliphatic rings. The van der Waals surface area contributed by atoms with E-state index in [1.165, 1.54) is 12.1 Å². The molecule has 2 aromatic rings. The molecule has 4 rings (SSSR count). The van der Waals surface area contributed by atoms with E-state index in [1.807, 2.05) is 0 Å². The van der Waals surface area contributed by atoms with Gasteiger partial charge in [0.05, 0.1) is 0 Å². The van der Waals surface area contributed by atoms with Crippen molar-refractivity contribution in [2.75, 3.05) is 13.1 Å². The summed E-state index contributed by atoms with van der Waals surface area (Å²) in [5.41, 5.74) is 1.10. The van der Waals surface area contributed by atoms with Gasteiger partial charge in [-0.15, -0.1) is 0 Å². The smallest absolute Gasteiger partial charge is 0.335 e. The van der Waals surface area contributed by atoms with Crippen molar-refractivity contribution in [2.24, 2.45) is 5.41 Å².